The van der Waals surface area contributed by atoms with Crippen molar-refractivity contribution in [2.24, 2.45) is 0 Å². The Morgan fingerprint density at radius 2 is 2.20 bits per heavy atom. The molecule has 4 heteroatoms. The van der Waals surface area contributed by atoms with Crippen molar-refractivity contribution < 1.29 is 9.53 Å². The molecule has 15 heavy (non-hydrogen) atoms. The fourth-order valence-electron chi connectivity index (χ4n) is 1.37. The van der Waals surface area contributed by atoms with Crippen molar-refractivity contribution in [3.05, 3.63) is 29.3 Å². The lowest BCUT2D eigenvalue weighted by Gasteiger charge is -2.13. The normalized spacial score (nSPS) is 12.2. The van der Waals surface area contributed by atoms with Crippen LogP contribution in [0, 0.1) is 0 Å². The van der Waals surface area contributed by atoms with E-state index in [-0.39, 0.29) is 12.0 Å². The van der Waals surface area contributed by atoms with Gasteiger partial charge in [-0.25, -0.2) is 4.79 Å². The summed E-state index contributed by atoms with van der Waals surface area (Å²) < 4.78 is 4.61. The zero-order valence-electron chi connectivity index (χ0n) is 9.20. The van der Waals surface area contributed by atoms with E-state index < -0.39 is 0 Å². The molecule has 1 atom stereocenters. The van der Waals surface area contributed by atoms with Crippen molar-refractivity contribution >= 4 is 11.7 Å². The number of hydrogen-bond donors (Lipinski definition) is 2. The van der Waals surface area contributed by atoms with Crippen molar-refractivity contribution in [3.8, 4) is 0 Å². The molecule has 0 aliphatic rings. The van der Waals surface area contributed by atoms with Crippen LogP contribution in [0.3, 0.4) is 0 Å². The standard InChI is InChI=1S/C11H16N2O2/c1-7(13-2)9-5-4-8(6-10(9)12)11(14)15-3/h4-7,13H,12H2,1-3H3. The number of methoxy groups -OCH3 is 1. The predicted octanol–water partition coefficient (Wildman–Crippen LogP) is 1.34. The molecule has 0 bridgehead atoms. The molecule has 1 aromatic rings. The van der Waals surface area contributed by atoms with Crippen molar-refractivity contribution in [3.63, 3.8) is 0 Å². The van der Waals surface area contributed by atoms with Crippen LogP contribution in [0.2, 0.25) is 0 Å². The first-order valence-electron chi connectivity index (χ1n) is 4.75. The highest BCUT2D eigenvalue weighted by molar-refractivity contribution is 5.90. The number of nitrogen functional groups attached to an aromatic ring is 1. The number of carbonyl (C=O) groups is 1. The minimum absolute atomic E-state index is 0.164. The van der Waals surface area contributed by atoms with Crippen LogP contribution >= 0.6 is 0 Å². The predicted molar refractivity (Wildman–Crippen MR) is 59.7 cm³/mol. The van der Waals surface area contributed by atoms with Gasteiger partial charge in [0.15, 0.2) is 0 Å². The van der Waals surface area contributed by atoms with Gasteiger partial charge in [-0.15, -0.1) is 0 Å². The quantitative estimate of drug-likeness (QED) is 0.581. The van der Waals surface area contributed by atoms with E-state index in [2.05, 4.69) is 10.1 Å². The van der Waals surface area contributed by atoms with Gasteiger partial charge in [0.1, 0.15) is 0 Å². The van der Waals surface area contributed by atoms with Crippen LogP contribution in [0.5, 0.6) is 0 Å². The maximum absolute atomic E-state index is 11.2. The number of ether oxygens (including phenoxy) is 1. The SMILES string of the molecule is CNC(C)c1ccc(C(=O)OC)cc1N. The van der Waals surface area contributed by atoms with E-state index in [1.807, 2.05) is 20.0 Å². The van der Waals surface area contributed by atoms with Crippen molar-refractivity contribution in [1.82, 2.24) is 5.32 Å². The van der Waals surface area contributed by atoms with E-state index in [0.717, 1.165) is 5.56 Å². The minimum Gasteiger partial charge on any atom is -0.465 e. The molecule has 0 saturated carbocycles. The van der Waals surface area contributed by atoms with E-state index in [1.54, 1.807) is 12.1 Å². The Bertz CT molecular complexity index is 364. The molecule has 1 unspecified atom stereocenters. The van der Waals surface area contributed by atoms with Crippen LogP contribution in [0.4, 0.5) is 5.69 Å². The molecule has 0 heterocycles. The number of benzene rings is 1. The molecule has 0 spiro atoms. The van der Waals surface area contributed by atoms with Crippen LogP contribution in [0.1, 0.15) is 28.9 Å². The molecule has 1 rings (SSSR count). The molecule has 0 fully saturated rings. The molecule has 0 aromatic heterocycles. The first-order valence-corrected chi connectivity index (χ1v) is 4.75. The fourth-order valence-corrected chi connectivity index (χ4v) is 1.37. The summed E-state index contributed by atoms with van der Waals surface area (Å²) >= 11 is 0. The molecule has 0 saturated heterocycles. The van der Waals surface area contributed by atoms with Gasteiger partial charge in [-0.05, 0) is 31.7 Å². The smallest absolute Gasteiger partial charge is 0.337 e. The van der Waals surface area contributed by atoms with Gasteiger partial charge in [-0.2, -0.15) is 0 Å². The maximum atomic E-state index is 11.2. The van der Waals surface area contributed by atoms with Crippen LogP contribution in [0.15, 0.2) is 18.2 Å². The largest absolute Gasteiger partial charge is 0.465 e. The van der Waals surface area contributed by atoms with E-state index >= 15 is 0 Å². The van der Waals surface area contributed by atoms with Crippen molar-refractivity contribution in [1.29, 1.82) is 0 Å². The van der Waals surface area contributed by atoms with E-state index in [4.69, 9.17) is 5.73 Å². The Morgan fingerprint density at radius 1 is 1.53 bits per heavy atom. The third kappa shape index (κ3) is 2.47. The summed E-state index contributed by atoms with van der Waals surface area (Å²) in [4.78, 5) is 11.2. The number of hydrogen-bond acceptors (Lipinski definition) is 4. The number of nitrogens with one attached hydrogen (secondary N) is 1. The third-order valence-electron chi connectivity index (χ3n) is 2.41. The van der Waals surface area contributed by atoms with E-state index in [9.17, 15) is 4.79 Å². The number of nitrogens with two attached hydrogens (primary N) is 1. The number of esters is 1. The Hall–Kier alpha value is -1.55. The molecule has 4 nitrogen and oxygen atoms in total. The molecule has 0 aliphatic heterocycles. The van der Waals surface area contributed by atoms with Crippen LogP contribution in [-0.2, 0) is 4.74 Å². The Morgan fingerprint density at radius 3 is 2.67 bits per heavy atom. The topological polar surface area (TPSA) is 64.3 Å². The van der Waals surface area contributed by atoms with Gasteiger partial charge in [0.2, 0.25) is 0 Å². The second kappa shape index (κ2) is 4.79. The summed E-state index contributed by atoms with van der Waals surface area (Å²) in [7, 11) is 3.21. The van der Waals surface area contributed by atoms with Gasteiger partial charge in [-0.3, -0.25) is 0 Å². The van der Waals surface area contributed by atoms with Crippen LogP contribution in [-0.4, -0.2) is 20.1 Å². The van der Waals surface area contributed by atoms with Crippen LogP contribution < -0.4 is 11.1 Å². The summed E-state index contributed by atoms with van der Waals surface area (Å²) in [6.07, 6.45) is 0. The zero-order chi connectivity index (χ0) is 11.4. The lowest BCUT2D eigenvalue weighted by Crippen LogP contribution is -2.14. The first kappa shape index (κ1) is 11.5. The average Bonchev–Trinajstić information content (AvgIpc) is 2.26. The monoisotopic (exact) mass is 208 g/mol. The zero-order valence-corrected chi connectivity index (χ0v) is 9.20. The van der Waals surface area contributed by atoms with E-state index in [0.29, 0.717) is 11.3 Å². The highest BCUT2D eigenvalue weighted by atomic mass is 16.5. The Labute approximate surface area is 89.4 Å². The van der Waals surface area contributed by atoms with Gasteiger partial charge in [-0.1, -0.05) is 6.07 Å². The Kier molecular flexibility index (Phi) is 3.68. The number of rotatable bonds is 3. The first-order chi connectivity index (χ1) is 7.10. The summed E-state index contributed by atoms with van der Waals surface area (Å²) in [5.41, 5.74) is 7.89. The summed E-state index contributed by atoms with van der Waals surface area (Å²) in [6, 6.07) is 5.35. The lowest BCUT2D eigenvalue weighted by atomic mass is 10.0. The van der Waals surface area contributed by atoms with Gasteiger partial charge >= 0.3 is 5.97 Å². The lowest BCUT2D eigenvalue weighted by molar-refractivity contribution is 0.0601. The summed E-state index contributed by atoms with van der Waals surface area (Å²) in [5, 5.41) is 3.09. The summed E-state index contributed by atoms with van der Waals surface area (Å²) in [5.74, 6) is -0.370. The number of anilines is 1. The summed E-state index contributed by atoms with van der Waals surface area (Å²) in [6.45, 7) is 2.00. The van der Waals surface area contributed by atoms with Gasteiger partial charge < -0.3 is 15.8 Å². The van der Waals surface area contributed by atoms with Gasteiger partial charge in [0.25, 0.3) is 0 Å². The van der Waals surface area contributed by atoms with Crippen molar-refractivity contribution in [2.45, 2.75) is 13.0 Å². The fraction of sp³-hybridized carbons (Fsp3) is 0.364. The minimum atomic E-state index is -0.370. The molecular weight excluding hydrogens is 192 g/mol. The molecular formula is C11H16N2O2. The van der Waals surface area contributed by atoms with Gasteiger partial charge in [0.05, 0.1) is 12.7 Å². The molecule has 3 N–H and O–H groups in total. The van der Waals surface area contributed by atoms with E-state index in [1.165, 1.54) is 7.11 Å². The van der Waals surface area contributed by atoms with Gasteiger partial charge in [0, 0.05) is 11.7 Å². The Balaban J connectivity index is 3.03. The average molecular weight is 208 g/mol. The number of carbonyl (C=O) groups excluding carboxylic acids is 1. The molecule has 0 radical (unpaired) electrons. The molecule has 0 aliphatic carbocycles. The van der Waals surface area contributed by atoms with Crippen molar-refractivity contribution in [2.75, 3.05) is 19.9 Å². The second-order valence-electron chi connectivity index (χ2n) is 3.35. The van der Waals surface area contributed by atoms with Crippen LogP contribution in [0.25, 0.3) is 0 Å². The molecule has 82 valence electrons. The second-order valence-corrected chi connectivity index (χ2v) is 3.35. The highest BCUT2D eigenvalue weighted by Gasteiger charge is 2.10. The molecule has 0 amide bonds. The maximum Gasteiger partial charge on any atom is 0.337 e. The molecule has 1 aromatic carbocycles. The third-order valence-corrected chi connectivity index (χ3v) is 2.41. The highest BCUT2D eigenvalue weighted by Crippen LogP contribution is 2.21.